The lowest BCUT2D eigenvalue weighted by atomic mass is 9.92. The Morgan fingerprint density at radius 3 is 2.28 bits per heavy atom. The number of nitrogens with zero attached hydrogens (tertiary/aromatic N) is 1. The molecule has 2 fully saturated rings. The molecule has 2 aromatic rings. The summed E-state index contributed by atoms with van der Waals surface area (Å²) in [5.74, 6) is -1.39. The Morgan fingerprint density at radius 1 is 1.10 bits per heavy atom. The summed E-state index contributed by atoms with van der Waals surface area (Å²) in [6.45, 7) is 1.17. The van der Waals surface area contributed by atoms with Crippen molar-refractivity contribution in [3.63, 3.8) is 0 Å². The molecule has 0 radical (unpaired) electrons. The highest BCUT2D eigenvalue weighted by molar-refractivity contribution is 9.10. The minimum atomic E-state index is -1.34. The second kappa shape index (κ2) is 6.95. The molecule has 1 atom stereocenters. The number of benzene rings is 2. The van der Waals surface area contributed by atoms with Gasteiger partial charge in [0.1, 0.15) is 17.9 Å². The number of rotatable bonds is 5. The van der Waals surface area contributed by atoms with Gasteiger partial charge in [0.2, 0.25) is 5.91 Å². The van der Waals surface area contributed by atoms with Crippen LogP contribution in [0.4, 0.5) is 9.18 Å². The van der Waals surface area contributed by atoms with Gasteiger partial charge in [0.05, 0.1) is 5.54 Å². The number of carbonyl (C=O) groups excluding carboxylic acids is 3. The van der Waals surface area contributed by atoms with Crippen LogP contribution in [0.2, 0.25) is 0 Å². The zero-order chi connectivity index (χ0) is 20.8. The summed E-state index contributed by atoms with van der Waals surface area (Å²) >= 11 is 3.39. The van der Waals surface area contributed by atoms with E-state index in [4.69, 9.17) is 0 Å². The van der Waals surface area contributed by atoms with Gasteiger partial charge >= 0.3 is 6.03 Å². The number of nitrogens with one attached hydrogen (secondary N) is 2. The highest BCUT2D eigenvalue weighted by Gasteiger charge is 2.51. The fourth-order valence-corrected chi connectivity index (χ4v) is 3.91. The van der Waals surface area contributed by atoms with E-state index in [-0.39, 0.29) is 6.54 Å². The average Bonchev–Trinajstić information content (AvgIpc) is 3.42. The maximum Gasteiger partial charge on any atom is 0.325 e. The van der Waals surface area contributed by atoms with Gasteiger partial charge in [-0.25, -0.2) is 9.18 Å². The third kappa shape index (κ3) is 3.53. The lowest BCUT2D eigenvalue weighted by Crippen LogP contribution is -2.45. The molecule has 1 aliphatic heterocycles. The van der Waals surface area contributed by atoms with E-state index in [1.54, 1.807) is 6.92 Å². The number of halogens is 2. The first-order valence-corrected chi connectivity index (χ1v) is 10.0. The van der Waals surface area contributed by atoms with Crippen molar-refractivity contribution in [1.29, 1.82) is 0 Å². The Kier molecular flexibility index (Phi) is 4.69. The summed E-state index contributed by atoms with van der Waals surface area (Å²) in [4.78, 5) is 38.8. The number of carbonyl (C=O) groups is 3. The van der Waals surface area contributed by atoms with Crippen molar-refractivity contribution in [1.82, 2.24) is 15.5 Å². The lowest BCUT2D eigenvalue weighted by molar-refractivity contribution is -0.135. The summed E-state index contributed by atoms with van der Waals surface area (Å²) in [6, 6.07) is 12.4. The monoisotopic (exact) mass is 459 g/mol. The minimum Gasteiger partial charge on any atom is -0.345 e. The van der Waals surface area contributed by atoms with E-state index in [2.05, 4.69) is 26.6 Å². The van der Waals surface area contributed by atoms with Gasteiger partial charge < -0.3 is 10.6 Å². The van der Waals surface area contributed by atoms with Gasteiger partial charge in [0.25, 0.3) is 5.91 Å². The highest BCUT2D eigenvalue weighted by Crippen LogP contribution is 2.45. The third-order valence-corrected chi connectivity index (χ3v) is 6.05. The van der Waals surface area contributed by atoms with E-state index in [1.165, 1.54) is 24.3 Å². The fraction of sp³-hybridized carbons (Fsp3) is 0.286. The maximum absolute atomic E-state index is 13.2. The van der Waals surface area contributed by atoms with Crippen LogP contribution in [0.5, 0.6) is 0 Å². The first kappa shape index (κ1) is 19.6. The lowest BCUT2D eigenvalue weighted by Gasteiger charge is -2.23. The van der Waals surface area contributed by atoms with Gasteiger partial charge in [-0.1, -0.05) is 40.2 Å². The van der Waals surface area contributed by atoms with E-state index in [1.807, 2.05) is 24.3 Å². The maximum atomic E-state index is 13.2. The van der Waals surface area contributed by atoms with Gasteiger partial charge in [-0.05, 0) is 55.2 Å². The van der Waals surface area contributed by atoms with Crippen LogP contribution in [0.15, 0.2) is 53.0 Å². The van der Waals surface area contributed by atoms with Crippen LogP contribution in [0, 0.1) is 5.82 Å². The molecule has 4 amide bonds. The number of imide groups is 1. The molecule has 0 bridgehead atoms. The molecule has 2 aliphatic rings. The molecule has 1 unspecified atom stereocenters. The Morgan fingerprint density at radius 2 is 1.69 bits per heavy atom. The van der Waals surface area contributed by atoms with Crippen molar-refractivity contribution in [2.75, 3.05) is 6.54 Å². The predicted octanol–water partition coefficient (Wildman–Crippen LogP) is 3.16. The van der Waals surface area contributed by atoms with Crippen LogP contribution in [-0.2, 0) is 20.7 Å². The van der Waals surface area contributed by atoms with E-state index < -0.39 is 34.7 Å². The zero-order valence-electron chi connectivity index (χ0n) is 15.7. The summed E-state index contributed by atoms with van der Waals surface area (Å²) < 4.78 is 14.2. The highest BCUT2D eigenvalue weighted by atomic mass is 79.9. The molecule has 2 N–H and O–H groups in total. The van der Waals surface area contributed by atoms with Gasteiger partial charge in [-0.15, -0.1) is 0 Å². The smallest absolute Gasteiger partial charge is 0.325 e. The van der Waals surface area contributed by atoms with Crippen LogP contribution < -0.4 is 10.6 Å². The minimum absolute atomic E-state index is 0.375. The summed E-state index contributed by atoms with van der Waals surface area (Å²) in [5.41, 5.74) is -0.346. The van der Waals surface area contributed by atoms with Crippen molar-refractivity contribution in [2.45, 2.75) is 30.8 Å². The van der Waals surface area contributed by atoms with Crippen molar-refractivity contribution < 1.29 is 18.8 Å². The standard InChI is InChI=1S/C21H19BrFN3O3/c1-20(13-4-8-16(23)9-5-13)18(28)26(19(29)25-20)12-17(27)24-21(10-11-21)14-2-6-15(22)7-3-14/h2-9H,10-12H2,1H3,(H,24,27)(H,25,29). The van der Waals surface area contributed by atoms with Gasteiger partial charge in [0.15, 0.2) is 0 Å². The van der Waals surface area contributed by atoms with Gasteiger partial charge in [-0.2, -0.15) is 0 Å². The number of hydrogen-bond donors (Lipinski definition) is 2. The Balaban J connectivity index is 1.47. The second-order valence-corrected chi connectivity index (χ2v) is 8.51. The van der Waals surface area contributed by atoms with Gasteiger partial charge in [0, 0.05) is 4.47 Å². The molecule has 1 saturated carbocycles. The molecule has 29 heavy (non-hydrogen) atoms. The number of urea groups is 1. The predicted molar refractivity (Wildman–Crippen MR) is 107 cm³/mol. The van der Waals surface area contributed by atoms with Crippen LogP contribution in [0.1, 0.15) is 30.9 Å². The van der Waals surface area contributed by atoms with Crippen molar-refractivity contribution >= 4 is 33.8 Å². The molecule has 6 nitrogen and oxygen atoms in total. The quantitative estimate of drug-likeness (QED) is 0.674. The molecule has 0 spiro atoms. The third-order valence-electron chi connectivity index (χ3n) is 5.52. The SMILES string of the molecule is CC1(c2ccc(F)cc2)NC(=O)N(CC(=O)NC2(c3ccc(Br)cc3)CC2)C1=O. The van der Waals surface area contributed by atoms with Crippen LogP contribution in [0.25, 0.3) is 0 Å². The molecular formula is C21H19BrFN3O3. The summed E-state index contributed by atoms with van der Waals surface area (Å²) in [5, 5.41) is 5.59. The summed E-state index contributed by atoms with van der Waals surface area (Å²) in [6.07, 6.45) is 1.60. The van der Waals surface area contributed by atoms with E-state index >= 15 is 0 Å². The van der Waals surface area contributed by atoms with Crippen LogP contribution in [-0.4, -0.2) is 29.3 Å². The normalized spacial score (nSPS) is 22.4. The molecule has 1 aliphatic carbocycles. The number of amides is 4. The Bertz CT molecular complexity index is 989. The average molecular weight is 460 g/mol. The molecule has 8 heteroatoms. The van der Waals surface area contributed by atoms with Crippen molar-refractivity contribution in [3.8, 4) is 0 Å². The fourth-order valence-electron chi connectivity index (χ4n) is 3.65. The largest absolute Gasteiger partial charge is 0.345 e. The Hall–Kier alpha value is -2.74. The molecule has 1 heterocycles. The van der Waals surface area contributed by atoms with Crippen molar-refractivity contribution in [3.05, 3.63) is 69.9 Å². The van der Waals surface area contributed by atoms with Crippen LogP contribution >= 0.6 is 15.9 Å². The van der Waals surface area contributed by atoms with Gasteiger partial charge in [-0.3, -0.25) is 14.5 Å². The summed E-state index contributed by atoms with van der Waals surface area (Å²) in [7, 11) is 0. The zero-order valence-corrected chi connectivity index (χ0v) is 17.3. The molecule has 150 valence electrons. The van der Waals surface area contributed by atoms with Crippen molar-refractivity contribution in [2.24, 2.45) is 0 Å². The number of hydrogen-bond acceptors (Lipinski definition) is 3. The Labute approximate surface area is 175 Å². The van der Waals surface area contributed by atoms with E-state index in [9.17, 15) is 18.8 Å². The molecule has 2 aromatic carbocycles. The van der Waals surface area contributed by atoms with E-state index in [0.29, 0.717) is 5.56 Å². The van der Waals surface area contributed by atoms with E-state index in [0.717, 1.165) is 27.8 Å². The van der Waals surface area contributed by atoms with Crippen LogP contribution in [0.3, 0.4) is 0 Å². The molecule has 0 aromatic heterocycles. The second-order valence-electron chi connectivity index (χ2n) is 7.59. The molecular weight excluding hydrogens is 441 g/mol. The first-order chi connectivity index (χ1) is 13.7. The first-order valence-electron chi connectivity index (χ1n) is 9.21. The molecule has 4 rings (SSSR count). The topological polar surface area (TPSA) is 78.5 Å². The molecule has 1 saturated heterocycles.